The van der Waals surface area contributed by atoms with Gasteiger partial charge in [-0.15, -0.1) is 11.3 Å². The predicted molar refractivity (Wildman–Crippen MR) is 81.5 cm³/mol. The zero-order valence-electron chi connectivity index (χ0n) is 12.3. The topological polar surface area (TPSA) is 68.3 Å². The number of amides is 1. The molecule has 1 amide bonds. The number of rotatable bonds is 4. The highest BCUT2D eigenvalue weighted by molar-refractivity contribution is 7.13. The van der Waals surface area contributed by atoms with E-state index in [1.165, 1.54) is 42.5 Å². The van der Waals surface area contributed by atoms with Crippen molar-refractivity contribution < 1.29 is 18.7 Å². The summed E-state index contributed by atoms with van der Waals surface area (Å²) in [5.74, 6) is -1.46. The summed E-state index contributed by atoms with van der Waals surface area (Å²) in [6.45, 7) is 4.97. The van der Waals surface area contributed by atoms with Crippen molar-refractivity contribution in [3.63, 3.8) is 0 Å². The molecule has 0 aliphatic rings. The molecule has 1 aromatic heterocycles. The molecule has 0 unspecified atom stereocenters. The summed E-state index contributed by atoms with van der Waals surface area (Å²) in [5, 5.41) is 3.31. The van der Waals surface area contributed by atoms with E-state index >= 15 is 0 Å². The summed E-state index contributed by atoms with van der Waals surface area (Å²) < 4.78 is 17.9. The maximum Gasteiger partial charge on any atom is 0.351 e. The van der Waals surface area contributed by atoms with Crippen LogP contribution in [-0.4, -0.2) is 23.0 Å². The Balaban J connectivity index is 1.97. The molecular formula is C15H15FN2O3S. The molecule has 22 heavy (non-hydrogen) atoms. The van der Waals surface area contributed by atoms with Crippen molar-refractivity contribution >= 4 is 28.9 Å². The maximum atomic E-state index is 12.8. The van der Waals surface area contributed by atoms with Crippen LogP contribution in [0.3, 0.4) is 0 Å². The molecule has 1 N–H and O–H groups in total. The summed E-state index contributed by atoms with van der Waals surface area (Å²) >= 11 is 1.22. The number of aryl methyl sites for hydroxylation is 2. The normalized spacial score (nSPS) is 11.8. The molecule has 1 heterocycles. The average molecular weight is 322 g/mol. The molecule has 7 heteroatoms. The molecule has 1 atom stereocenters. The molecule has 0 radical (unpaired) electrons. The zero-order valence-corrected chi connectivity index (χ0v) is 13.2. The fraction of sp³-hybridized carbons (Fsp3) is 0.267. The minimum absolute atomic E-state index is 0.388. The Morgan fingerprint density at radius 1 is 1.27 bits per heavy atom. The summed E-state index contributed by atoms with van der Waals surface area (Å²) in [4.78, 5) is 28.5. The van der Waals surface area contributed by atoms with E-state index in [0.717, 1.165) is 5.01 Å². The SMILES string of the molecule is Cc1nc(C)c(C(=O)O[C@@H](C)C(=O)Nc2ccc(F)cc2)s1. The molecule has 0 spiro atoms. The predicted octanol–water partition coefficient (Wildman–Crippen LogP) is 3.08. The lowest BCUT2D eigenvalue weighted by Crippen LogP contribution is -2.29. The zero-order chi connectivity index (χ0) is 16.3. The Morgan fingerprint density at radius 3 is 2.45 bits per heavy atom. The number of esters is 1. The fourth-order valence-electron chi connectivity index (χ4n) is 1.77. The lowest BCUT2D eigenvalue weighted by atomic mass is 10.3. The van der Waals surface area contributed by atoms with Gasteiger partial charge in [0.1, 0.15) is 10.7 Å². The Labute approximate surface area is 131 Å². The van der Waals surface area contributed by atoms with Crippen LogP contribution in [0.2, 0.25) is 0 Å². The van der Waals surface area contributed by atoms with Crippen molar-refractivity contribution in [1.82, 2.24) is 4.98 Å². The van der Waals surface area contributed by atoms with E-state index in [1.807, 2.05) is 0 Å². The quantitative estimate of drug-likeness (QED) is 0.878. The highest BCUT2D eigenvalue weighted by atomic mass is 32.1. The van der Waals surface area contributed by atoms with Gasteiger partial charge in [0.2, 0.25) is 0 Å². The number of carbonyl (C=O) groups excluding carboxylic acids is 2. The molecule has 0 saturated heterocycles. The molecule has 1 aromatic carbocycles. The Kier molecular flexibility index (Phi) is 4.87. The van der Waals surface area contributed by atoms with Crippen LogP contribution in [0.25, 0.3) is 0 Å². The first kappa shape index (κ1) is 16.1. The third-order valence-electron chi connectivity index (χ3n) is 2.85. The van der Waals surface area contributed by atoms with Gasteiger partial charge < -0.3 is 10.1 Å². The Morgan fingerprint density at radius 2 is 1.91 bits per heavy atom. The standard InChI is InChI=1S/C15H15FN2O3S/c1-8-13(22-10(3)17-8)15(20)21-9(2)14(19)18-12-6-4-11(16)5-7-12/h4-7,9H,1-3H3,(H,18,19)/t9-/m0/s1. The molecule has 0 fully saturated rings. The number of benzene rings is 1. The van der Waals surface area contributed by atoms with Gasteiger partial charge >= 0.3 is 5.97 Å². The van der Waals surface area contributed by atoms with E-state index in [9.17, 15) is 14.0 Å². The van der Waals surface area contributed by atoms with E-state index in [0.29, 0.717) is 16.3 Å². The molecule has 0 aliphatic heterocycles. The van der Waals surface area contributed by atoms with E-state index < -0.39 is 23.8 Å². The lowest BCUT2D eigenvalue weighted by Gasteiger charge is -2.13. The minimum atomic E-state index is -0.973. The van der Waals surface area contributed by atoms with Crippen molar-refractivity contribution in [3.8, 4) is 0 Å². The average Bonchev–Trinajstić information content (AvgIpc) is 2.80. The first-order valence-electron chi connectivity index (χ1n) is 6.58. The molecular weight excluding hydrogens is 307 g/mol. The molecule has 5 nitrogen and oxygen atoms in total. The van der Waals surface area contributed by atoms with Gasteiger partial charge in [0.15, 0.2) is 6.10 Å². The number of ether oxygens (including phenoxy) is 1. The number of hydrogen-bond acceptors (Lipinski definition) is 5. The number of anilines is 1. The van der Waals surface area contributed by atoms with Gasteiger partial charge in [0.05, 0.1) is 10.7 Å². The van der Waals surface area contributed by atoms with Gasteiger partial charge in [0.25, 0.3) is 5.91 Å². The van der Waals surface area contributed by atoms with Gasteiger partial charge in [-0.05, 0) is 45.0 Å². The highest BCUT2D eigenvalue weighted by Crippen LogP contribution is 2.19. The second-order valence-corrected chi connectivity index (χ2v) is 5.89. The summed E-state index contributed by atoms with van der Waals surface area (Å²) in [6, 6.07) is 5.32. The van der Waals surface area contributed by atoms with Crippen molar-refractivity contribution in [1.29, 1.82) is 0 Å². The van der Waals surface area contributed by atoms with E-state index in [2.05, 4.69) is 10.3 Å². The van der Waals surface area contributed by atoms with Crippen LogP contribution in [-0.2, 0) is 9.53 Å². The number of hydrogen-bond donors (Lipinski definition) is 1. The van der Waals surface area contributed by atoms with Gasteiger partial charge in [-0.1, -0.05) is 0 Å². The highest BCUT2D eigenvalue weighted by Gasteiger charge is 2.22. The van der Waals surface area contributed by atoms with Crippen LogP contribution in [0.1, 0.15) is 27.3 Å². The minimum Gasteiger partial charge on any atom is -0.448 e. The Bertz CT molecular complexity index is 697. The largest absolute Gasteiger partial charge is 0.448 e. The second-order valence-electron chi connectivity index (χ2n) is 4.69. The third kappa shape index (κ3) is 3.88. The number of nitrogens with zero attached hydrogens (tertiary/aromatic N) is 1. The molecule has 116 valence electrons. The smallest absolute Gasteiger partial charge is 0.351 e. The van der Waals surface area contributed by atoms with Crippen LogP contribution in [0.4, 0.5) is 10.1 Å². The molecule has 0 bridgehead atoms. The summed E-state index contributed by atoms with van der Waals surface area (Å²) in [7, 11) is 0. The first-order chi connectivity index (χ1) is 10.4. The Hall–Kier alpha value is -2.28. The van der Waals surface area contributed by atoms with Crippen LogP contribution in [0.5, 0.6) is 0 Å². The van der Waals surface area contributed by atoms with Gasteiger partial charge in [-0.2, -0.15) is 0 Å². The monoisotopic (exact) mass is 322 g/mol. The van der Waals surface area contributed by atoms with Crippen LogP contribution < -0.4 is 5.32 Å². The summed E-state index contributed by atoms with van der Waals surface area (Å²) in [5.41, 5.74) is 1.01. The maximum absolute atomic E-state index is 12.8. The van der Waals surface area contributed by atoms with Gasteiger partial charge in [0, 0.05) is 5.69 Å². The van der Waals surface area contributed by atoms with Crippen molar-refractivity contribution in [2.75, 3.05) is 5.32 Å². The van der Waals surface area contributed by atoms with Gasteiger partial charge in [-0.3, -0.25) is 4.79 Å². The van der Waals surface area contributed by atoms with E-state index in [-0.39, 0.29) is 0 Å². The van der Waals surface area contributed by atoms with Crippen LogP contribution in [0, 0.1) is 19.7 Å². The number of nitrogens with one attached hydrogen (secondary N) is 1. The van der Waals surface area contributed by atoms with E-state index in [4.69, 9.17) is 4.74 Å². The molecule has 0 aliphatic carbocycles. The molecule has 2 rings (SSSR count). The number of aromatic nitrogens is 1. The first-order valence-corrected chi connectivity index (χ1v) is 7.40. The van der Waals surface area contributed by atoms with Crippen molar-refractivity contribution in [2.24, 2.45) is 0 Å². The van der Waals surface area contributed by atoms with Crippen LogP contribution >= 0.6 is 11.3 Å². The van der Waals surface area contributed by atoms with Crippen LogP contribution in [0.15, 0.2) is 24.3 Å². The molecule has 2 aromatic rings. The number of carbonyl (C=O) groups is 2. The lowest BCUT2D eigenvalue weighted by molar-refractivity contribution is -0.123. The number of thiazole rings is 1. The second kappa shape index (κ2) is 6.65. The molecule has 0 saturated carbocycles. The number of halogens is 1. The van der Waals surface area contributed by atoms with E-state index in [1.54, 1.807) is 13.8 Å². The van der Waals surface area contributed by atoms with Crippen molar-refractivity contribution in [3.05, 3.63) is 45.7 Å². The fourth-order valence-corrected chi connectivity index (χ4v) is 2.57. The summed E-state index contributed by atoms with van der Waals surface area (Å²) in [6.07, 6.45) is -0.973. The van der Waals surface area contributed by atoms with Crippen molar-refractivity contribution in [2.45, 2.75) is 26.9 Å². The van der Waals surface area contributed by atoms with Gasteiger partial charge in [-0.25, -0.2) is 14.2 Å². The third-order valence-corrected chi connectivity index (χ3v) is 3.91.